The number of rotatable bonds is 6. The maximum atomic E-state index is 4.12. The van der Waals surface area contributed by atoms with E-state index in [0.717, 1.165) is 18.7 Å². The average Bonchev–Trinajstić information content (AvgIpc) is 3.20. The highest BCUT2D eigenvalue weighted by Gasteiger charge is 2.09. The van der Waals surface area contributed by atoms with E-state index in [1.54, 1.807) is 24.0 Å². The zero-order valence-corrected chi connectivity index (χ0v) is 12.8. The number of aromatic nitrogens is 3. The Morgan fingerprint density at radius 2 is 2.10 bits per heavy atom. The molecule has 0 bridgehead atoms. The Kier molecular flexibility index (Phi) is 4.31. The van der Waals surface area contributed by atoms with Crippen LogP contribution in [-0.2, 0) is 6.54 Å². The summed E-state index contributed by atoms with van der Waals surface area (Å²) in [6.07, 6.45) is 4.36. The van der Waals surface area contributed by atoms with Gasteiger partial charge in [0.25, 0.3) is 0 Å². The van der Waals surface area contributed by atoms with Crippen molar-refractivity contribution in [2.24, 2.45) is 0 Å². The molecule has 0 radical (unpaired) electrons. The van der Waals surface area contributed by atoms with Crippen molar-refractivity contribution < 1.29 is 0 Å². The molecule has 108 valence electrons. The van der Waals surface area contributed by atoms with E-state index in [2.05, 4.69) is 64.1 Å². The van der Waals surface area contributed by atoms with E-state index in [9.17, 15) is 0 Å². The highest BCUT2D eigenvalue weighted by atomic mass is 32.1. The third kappa shape index (κ3) is 3.49. The Labute approximate surface area is 128 Å². The number of thiophene rings is 1. The van der Waals surface area contributed by atoms with E-state index in [1.807, 2.05) is 4.68 Å². The van der Waals surface area contributed by atoms with Crippen LogP contribution in [0.1, 0.15) is 29.8 Å². The fourth-order valence-electron chi connectivity index (χ4n) is 2.27. The second kappa shape index (κ2) is 6.54. The topological polar surface area (TPSA) is 42.7 Å². The Bertz CT molecular complexity index is 644. The highest BCUT2D eigenvalue weighted by molar-refractivity contribution is 7.10. The quantitative estimate of drug-likeness (QED) is 0.749. The van der Waals surface area contributed by atoms with Gasteiger partial charge in [0.2, 0.25) is 0 Å². The molecule has 2 aromatic heterocycles. The molecule has 0 aliphatic carbocycles. The van der Waals surface area contributed by atoms with E-state index in [0.29, 0.717) is 6.04 Å². The van der Waals surface area contributed by atoms with E-state index in [-0.39, 0.29) is 0 Å². The summed E-state index contributed by atoms with van der Waals surface area (Å²) in [4.78, 5) is 5.33. The normalized spacial score (nSPS) is 12.2. The Hall–Kier alpha value is -2.14. The molecule has 1 aromatic carbocycles. The van der Waals surface area contributed by atoms with Crippen molar-refractivity contribution in [2.75, 3.05) is 5.32 Å². The lowest BCUT2D eigenvalue weighted by Gasteiger charge is -2.17. The summed E-state index contributed by atoms with van der Waals surface area (Å²) in [5, 5.41) is 9.84. The third-order valence-electron chi connectivity index (χ3n) is 3.40. The molecule has 3 aromatic rings. The van der Waals surface area contributed by atoms with Gasteiger partial charge < -0.3 is 5.32 Å². The predicted molar refractivity (Wildman–Crippen MR) is 86.5 cm³/mol. The summed E-state index contributed by atoms with van der Waals surface area (Å²) in [5.74, 6) is 0. The lowest BCUT2D eigenvalue weighted by Crippen LogP contribution is -2.08. The van der Waals surface area contributed by atoms with Gasteiger partial charge in [-0.2, -0.15) is 5.10 Å². The minimum atomic E-state index is 0.381. The monoisotopic (exact) mass is 298 g/mol. The zero-order chi connectivity index (χ0) is 14.5. The largest absolute Gasteiger partial charge is 0.377 e. The van der Waals surface area contributed by atoms with Crippen LogP contribution in [0.5, 0.6) is 0 Å². The fraction of sp³-hybridized carbons (Fsp3) is 0.250. The second-order valence-corrected chi connectivity index (χ2v) is 5.89. The SMILES string of the molecule is CCC(Nc1ccc(Cn2cncn2)cc1)c1cccs1. The third-order valence-corrected chi connectivity index (χ3v) is 4.39. The molecular weight excluding hydrogens is 280 g/mol. The number of nitrogens with one attached hydrogen (secondary N) is 1. The van der Waals surface area contributed by atoms with E-state index < -0.39 is 0 Å². The van der Waals surface area contributed by atoms with Crippen molar-refractivity contribution in [1.29, 1.82) is 0 Å². The van der Waals surface area contributed by atoms with Crippen LogP contribution in [0.3, 0.4) is 0 Å². The van der Waals surface area contributed by atoms with Crippen LogP contribution in [0.2, 0.25) is 0 Å². The summed E-state index contributed by atoms with van der Waals surface area (Å²) >= 11 is 1.80. The standard InChI is InChI=1S/C16H18N4S/c1-2-15(16-4-3-9-21-16)19-14-7-5-13(6-8-14)10-20-12-17-11-18-20/h3-9,11-12,15,19H,2,10H2,1H3. The fourth-order valence-corrected chi connectivity index (χ4v) is 3.13. The summed E-state index contributed by atoms with van der Waals surface area (Å²) in [6.45, 7) is 2.96. The van der Waals surface area contributed by atoms with Gasteiger partial charge in [0.1, 0.15) is 12.7 Å². The number of benzene rings is 1. The first kappa shape index (κ1) is 13.8. The molecule has 1 N–H and O–H groups in total. The predicted octanol–water partition coefficient (Wildman–Crippen LogP) is 3.95. The Morgan fingerprint density at radius 1 is 1.24 bits per heavy atom. The number of anilines is 1. The van der Waals surface area contributed by atoms with Crippen LogP contribution in [0.25, 0.3) is 0 Å². The molecule has 0 amide bonds. The first-order chi connectivity index (χ1) is 10.3. The summed E-state index contributed by atoms with van der Waals surface area (Å²) in [7, 11) is 0. The smallest absolute Gasteiger partial charge is 0.137 e. The molecule has 0 saturated heterocycles. The summed E-state index contributed by atoms with van der Waals surface area (Å²) < 4.78 is 1.82. The molecule has 4 nitrogen and oxygen atoms in total. The number of hydrogen-bond donors (Lipinski definition) is 1. The van der Waals surface area contributed by atoms with Gasteiger partial charge in [-0.3, -0.25) is 0 Å². The second-order valence-electron chi connectivity index (χ2n) is 4.91. The number of hydrogen-bond acceptors (Lipinski definition) is 4. The summed E-state index contributed by atoms with van der Waals surface area (Å²) in [5.41, 5.74) is 2.37. The van der Waals surface area contributed by atoms with Crippen molar-refractivity contribution in [1.82, 2.24) is 14.8 Å². The van der Waals surface area contributed by atoms with E-state index in [4.69, 9.17) is 0 Å². The minimum Gasteiger partial charge on any atom is -0.377 e. The van der Waals surface area contributed by atoms with Gasteiger partial charge >= 0.3 is 0 Å². The van der Waals surface area contributed by atoms with E-state index in [1.165, 1.54) is 10.4 Å². The van der Waals surface area contributed by atoms with Gasteiger partial charge in [-0.1, -0.05) is 25.1 Å². The van der Waals surface area contributed by atoms with Crippen molar-refractivity contribution in [3.63, 3.8) is 0 Å². The summed E-state index contributed by atoms with van der Waals surface area (Å²) in [6, 6.07) is 13.2. The first-order valence-corrected chi connectivity index (χ1v) is 7.94. The van der Waals surface area contributed by atoms with Crippen molar-refractivity contribution in [2.45, 2.75) is 25.9 Å². The molecule has 21 heavy (non-hydrogen) atoms. The van der Waals surface area contributed by atoms with Crippen LogP contribution in [0.4, 0.5) is 5.69 Å². The molecule has 3 rings (SSSR count). The van der Waals surface area contributed by atoms with Gasteiger partial charge in [0.05, 0.1) is 12.6 Å². The first-order valence-electron chi connectivity index (χ1n) is 7.06. The molecule has 2 heterocycles. The van der Waals surface area contributed by atoms with Crippen LogP contribution >= 0.6 is 11.3 Å². The molecule has 1 unspecified atom stereocenters. The molecule has 0 saturated carbocycles. The van der Waals surface area contributed by atoms with Gasteiger partial charge in [0, 0.05) is 10.6 Å². The molecule has 1 atom stereocenters. The minimum absolute atomic E-state index is 0.381. The molecular formula is C16H18N4S. The lowest BCUT2D eigenvalue weighted by molar-refractivity contribution is 0.685. The Morgan fingerprint density at radius 3 is 2.71 bits per heavy atom. The lowest BCUT2D eigenvalue weighted by atomic mass is 10.1. The molecule has 0 fully saturated rings. The van der Waals surface area contributed by atoms with Crippen molar-refractivity contribution in [3.8, 4) is 0 Å². The van der Waals surface area contributed by atoms with E-state index >= 15 is 0 Å². The number of nitrogens with zero attached hydrogens (tertiary/aromatic N) is 3. The highest BCUT2D eigenvalue weighted by Crippen LogP contribution is 2.26. The van der Waals surface area contributed by atoms with Gasteiger partial charge in [-0.25, -0.2) is 9.67 Å². The van der Waals surface area contributed by atoms with Gasteiger partial charge in [-0.15, -0.1) is 11.3 Å². The van der Waals surface area contributed by atoms with Crippen molar-refractivity contribution in [3.05, 3.63) is 64.9 Å². The van der Waals surface area contributed by atoms with Gasteiger partial charge in [-0.05, 0) is 35.6 Å². The van der Waals surface area contributed by atoms with Crippen molar-refractivity contribution >= 4 is 17.0 Å². The molecule has 0 aliphatic rings. The van der Waals surface area contributed by atoms with Crippen LogP contribution in [0.15, 0.2) is 54.4 Å². The molecule has 5 heteroatoms. The Balaban J connectivity index is 1.66. The molecule has 0 aliphatic heterocycles. The van der Waals surface area contributed by atoms with Crippen LogP contribution < -0.4 is 5.32 Å². The van der Waals surface area contributed by atoms with Crippen LogP contribution in [0, 0.1) is 0 Å². The average molecular weight is 298 g/mol. The van der Waals surface area contributed by atoms with Gasteiger partial charge in [0.15, 0.2) is 0 Å². The molecule has 0 spiro atoms. The maximum absolute atomic E-state index is 4.12. The zero-order valence-electron chi connectivity index (χ0n) is 11.9. The maximum Gasteiger partial charge on any atom is 0.137 e. The van der Waals surface area contributed by atoms with Crippen LogP contribution in [-0.4, -0.2) is 14.8 Å².